The fourth-order valence-electron chi connectivity index (χ4n) is 4.05. The molecule has 0 amide bonds. The maximum atomic E-state index is 2.42. The molecule has 0 fully saturated rings. The molecule has 0 unspecified atom stereocenters. The second-order valence-corrected chi connectivity index (χ2v) is 12.7. The SMILES string of the molecule is CC(C)[Si](c1ccc(N(C)C)cc1)(C(C)C)C(C)C. The first-order valence-electron chi connectivity index (χ1n) is 7.52. The molecular formula is C17H31NSi. The Morgan fingerprint density at radius 2 is 1.11 bits per heavy atom. The van der Waals surface area contributed by atoms with Gasteiger partial charge in [-0.3, -0.25) is 0 Å². The highest BCUT2D eigenvalue weighted by Gasteiger charge is 2.44. The number of anilines is 1. The fraction of sp³-hybridized carbons (Fsp3) is 0.647. The zero-order valence-corrected chi connectivity index (χ0v) is 15.0. The quantitative estimate of drug-likeness (QED) is 0.709. The summed E-state index contributed by atoms with van der Waals surface area (Å²) in [5.41, 5.74) is 3.62. The van der Waals surface area contributed by atoms with Crippen LogP contribution in [0.5, 0.6) is 0 Å². The third kappa shape index (κ3) is 2.89. The van der Waals surface area contributed by atoms with E-state index >= 15 is 0 Å². The van der Waals surface area contributed by atoms with Crippen LogP contribution in [0.1, 0.15) is 41.5 Å². The van der Waals surface area contributed by atoms with Gasteiger partial charge >= 0.3 is 0 Å². The maximum absolute atomic E-state index is 2.42. The molecular weight excluding hydrogens is 246 g/mol. The molecule has 0 aliphatic heterocycles. The number of benzene rings is 1. The van der Waals surface area contributed by atoms with Gasteiger partial charge in [-0.2, -0.15) is 0 Å². The van der Waals surface area contributed by atoms with Crippen molar-refractivity contribution in [1.82, 2.24) is 0 Å². The minimum atomic E-state index is -1.48. The van der Waals surface area contributed by atoms with E-state index in [0.29, 0.717) is 0 Å². The molecule has 0 aliphatic rings. The number of nitrogens with zero attached hydrogens (tertiary/aromatic N) is 1. The summed E-state index contributed by atoms with van der Waals surface area (Å²) in [6.07, 6.45) is 0. The summed E-state index contributed by atoms with van der Waals surface area (Å²) in [6, 6.07) is 9.34. The van der Waals surface area contributed by atoms with E-state index in [-0.39, 0.29) is 0 Å². The minimum Gasteiger partial charge on any atom is -0.378 e. The summed E-state index contributed by atoms with van der Waals surface area (Å²) in [5.74, 6) is 0. The molecule has 0 aliphatic carbocycles. The van der Waals surface area contributed by atoms with Gasteiger partial charge in [-0.1, -0.05) is 58.9 Å². The molecule has 0 saturated carbocycles. The lowest BCUT2D eigenvalue weighted by molar-refractivity contribution is 0.835. The molecule has 0 spiro atoms. The summed E-state index contributed by atoms with van der Waals surface area (Å²) in [7, 11) is 2.73. The van der Waals surface area contributed by atoms with E-state index in [4.69, 9.17) is 0 Å². The zero-order chi connectivity index (χ0) is 14.8. The van der Waals surface area contributed by atoms with Crippen molar-refractivity contribution in [2.45, 2.75) is 58.2 Å². The fourth-order valence-corrected chi connectivity index (χ4v) is 10.8. The molecule has 1 rings (SSSR count). The van der Waals surface area contributed by atoms with Gasteiger partial charge in [-0.25, -0.2) is 0 Å². The molecule has 0 aromatic heterocycles. The number of rotatable bonds is 5. The van der Waals surface area contributed by atoms with E-state index in [1.807, 2.05) is 0 Å². The van der Waals surface area contributed by atoms with Crippen molar-refractivity contribution in [3.05, 3.63) is 24.3 Å². The van der Waals surface area contributed by atoms with Gasteiger partial charge in [0, 0.05) is 19.8 Å². The number of hydrogen-bond acceptors (Lipinski definition) is 1. The van der Waals surface area contributed by atoms with Gasteiger partial charge in [0.2, 0.25) is 0 Å². The Labute approximate surface area is 121 Å². The van der Waals surface area contributed by atoms with E-state index in [9.17, 15) is 0 Å². The molecule has 0 bridgehead atoms. The molecule has 0 heterocycles. The molecule has 2 heteroatoms. The van der Waals surface area contributed by atoms with Crippen LogP contribution in [0.3, 0.4) is 0 Å². The van der Waals surface area contributed by atoms with Crippen LogP contribution in [0.4, 0.5) is 5.69 Å². The molecule has 0 radical (unpaired) electrons. The molecule has 1 nitrogen and oxygen atoms in total. The zero-order valence-electron chi connectivity index (χ0n) is 14.0. The van der Waals surface area contributed by atoms with Gasteiger partial charge in [-0.15, -0.1) is 0 Å². The predicted octanol–water partition coefficient (Wildman–Crippen LogP) is 4.64. The van der Waals surface area contributed by atoms with Crippen molar-refractivity contribution in [2.24, 2.45) is 0 Å². The van der Waals surface area contributed by atoms with Gasteiger partial charge in [0.1, 0.15) is 0 Å². The Kier molecular flexibility index (Phi) is 5.25. The molecule has 19 heavy (non-hydrogen) atoms. The minimum absolute atomic E-state index is 0.776. The highest BCUT2D eigenvalue weighted by atomic mass is 28.3. The van der Waals surface area contributed by atoms with Crippen LogP contribution in [0.25, 0.3) is 0 Å². The van der Waals surface area contributed by atoms with Gasteiger partial charge in [-0.05, 0) is 28.8 Å². The van der Waals surface area contributed by atoms with Gasteiger partial charge in [0.15, 0.2) is 0 Å². The summed E-state index contributed by atoms with van der Waals surface area (Å²) < 4.78 is 0. The smallest absolute Gasteiger partial charge is 0.0942 e. The molecule has 1 aromatic rings. The lowest BCUT2D eigenvalue weighted by Crippen LogP contribution is -2.55. The summed E-state index contributed by atoms with van der Waals surface area (Å²) in [4.78, 5) is 2.17. The van der Waals surface area contributed by atoms with Crippen molar-refractivity contribution in [1.29, 1.82) is 0 Å². The lowest BCUT2D eigenvalue weighted by atomic mass is 10.3. The molecule has 0 N–H and O–H groups in total. The van der Waals surface area contributed by atoms with Crippen LogP contribution < -0.4 is 10.1 Å². The molecule has 0 saturated heterocycles. The highest BCUT2D eigenvalue weighted by Crippen LogP contribution is 2.41. The summed E-state index contributed by atoms with van der Waals surface area (Å²) in [6.45, 7) is 14.5. The lowest BCUT2D eigenvalue weighted by Gasteiger charge is -2.43. The average molecular weight is 278 g/mol. The van der Waals surface area contributed by atoms with Crippen LogP contribution in [0, 0.1) is 0 Å². The van der Waals surface area contributed by atoms with E-state index in [2.05, 4.69) is 84.8 Å². The van der Waals surface area contributed by atoms with Gasteiger partial charge in [0.05, 0.1) is 8.07 Å². The van der Waals surface area contributed by atoms with Crippen LogP contribution in [-0.4, -0.2) is 22.2 Å². The highest BCUT2D eigenvalue weighted by molar-refractivity contribution is 6.95. The summed E-state index contributed by atoms with van der Waals surface area (Å²) in [5, 5.41) is 1.62. The second-order valence-electron chi connectivity index (χ2n) is 6.84. The molecule has 108 valence electrons. The van der Waals surface area contributed by atoms with E-state index < -0.39 is 8.07 Å². The summed E-state index contributed by atoms with van der Waals surface area (Å²) >= 11 is 0. The molecule has 0 atom stereocenters. The van der Waals surface area contributed by atoms with E-state index in [0.717, 1.165) is 16.6 Å². The predicted molar refractivity (Wildman–Crippen MR) is 91.5 cm³/mol. The first-order valence-corrected chi connectivity index (χ1v) is 9.75. The first-order chi connectivity index (χ1) is 8.74. The van der Waals surface area contributed by atoms with Crippen molar-refractivity contribution in [3.63, 3.8) is 0 Å². The van der Waals surface area contributed by atoms with Crippen molar-refractivity contribution >= 4 is 18.9 Å². The Morgan fingerprint density at radius 3 is 1.37 bits per heavy atom. The molecule has 1 aromatic carbocycles. The van der Waals surface area contributed by atoms with Crippen LogP contribution in [0.15, 0.2) is 24.3 Å². The van der Waals surface area contributed by atoms with E-state index in [1.54, 1.807) is 5.19 Å². The Morgan fingerprint density at radius 1 is 0.737 bits per heavy atom. The standard InChI is InChI=1S/C17H31NSi/c1-13(2)19(14(3)4,15(5)6)17-11-9-16(10-12-17)18(7)8/h9-15H,1-8H3. The normalized spacial score (nSPS) is 12.6. The third-order valence-corrected chi connectivity index (χ3v) is 11.8. The first kappa shape index (κ1) is 16.3. The van der Waals surface area contributed by atoms with Gasteiger partial charge < -0.3 is 4.90 Å². The van der Waals surface area contributed by atoms with Gasteiger partial charge in [0.25, 0.3) is 0 Å². The Hall–Kier alpha value is -0.763. The number of hydrogen-bond donors (Lipinski definition) is 0. The Balaban J connectivity index is 3.33. The van der Waals surface area contributed by atoms with Crippen LogP contribution >= 0.6 is 0 Å². The van der Waals surface area contributed by atoms with E-state index in [1.165, 1.54) is 5.69 Å². The largest absolute Gasteiger partial charge is 0.378 e. The average Bonchev–Trinajstić information content (AvgIpc) is 2.28. The third-order valence-electron chi connectivity index (χ3n) is 4.75. The van der Waals surface area contributed by atoms with Crippen molar-refractivity contribution < 1.29 is 0 Å². The van der Waals surface area contributed by atoms with Crippen molar-refractivity contribution in [2.75, 3.05) is 19.0 Å². The Bertz CT molecular complexity index is 368. The maximum Gasteiger partial charge on any atom is 0.0942 e. The van der Waals surface area contributed by atoms with Crippen molar-refractivity contribution in [3.8, 4) is 0 Å². The van der Waals surface area contributed by atoms with Crippen LogP contribution in [-0.2, 0) is 0 Å². The topological polar surface area (TPSA) is 3.24 Å². The second kappa shape index (κ2) is 6.13. The monoisotopic (exact) mass is 277 g/mol. The van der Waals surface area contributed by atoms with Crippen LogP contribution in [0.2, 0.25) is 16.6 Å².